The Balaban J connectivity index is 2.30. The fourth-order valence-electron chi connectivity index (χ4n) is 1.84. The van der Waals surface area contributed by atoms with E-state index in [1.165, 1.54) is 0 Å². The molecule has 2 N–H and O–H groups in total. The third-order valence-corrected chi connectivity index (χ3v) is 2.60. The molecule has 0 radical (unpaired) electrons. The van der Waals surface area contributed by atoms with Gasteiger partial charge in [-0.05, 0) is 39.8 Å². The summed E-state index contributed by atoms with van der Waals surface area (Å²) in [6, 6.07) is 9.49. The Labute approximate surface area is 113 Å². The van der Waals surface area contributed by atoms with Gasteiger partial charge in [0, 0.05) is 16.6 Å². The van der Waals surface area contributed by atoms with E-state index in [2.05, 4.69) is 15.6 Å². The summed E-state index contributed by atoms with van der Waals surface area (Å²) < 4.78 is 0. The van der Waals surface area contributed by atoms with Gasteiger partial charge in [-0.3, -0.25) is 4.98 Å². The first-order chi connectivity index (χ1) is 8.85. The van der Waals surface area contributed by atoms with Crippen LogP contribution in [-0.2, 0) is 0 Å². The molecule has 19 heavy (non-hydrogen) atoms. The lowest BCUT2D eigenvalue weighted by atomic mass is 10.1. The summed E-state index contributed by atoms with van der Waals surface area (Å²) in [4.78, 5) is 16.4. The van der Waals surface area contributed by atoms with Crippen molar-refractivity contribution in [3.63, 3.8) is 0 Å². The molecule has 0 aliphatic heterocycles. The molecule has 0 unspecified atom stereocenters. The van der Waals surface area contributed by atoms with Gasteiger partial charge in [-0.2, -0.15) is 0 Å². The number of pyridine rings is 1. The number of fused-ring (bicyclic) bond motifs is 1. The number of hydrogen-bond acceptors (Lipinski definition) is 2. The summed E-state index contributed by atoms with van der Waals surface area (Å²) in [6.45, 7) is 7.76. The van der Waals surface area contributed by atoms with E-state index in [-0.39, 0.29) is 11.6 Å². The van der Waals surface area contributed by atoms with Crippen LogP contribution in [0.1, 0.15) is 26.5 Å². The minimum absolute atomic E-state index is 0.219. The molecule has 0 bridgehead atoms. The summed E-state index contributed by atoms with van der Waals surface area (Å²) in [5, 5.41) is 6.74. The Hall–Kier alpha value is -2.10. The molecule has 2 rings (SSSR count). The van der Waals surface area contributed by atoms with Crippen LogP contribution in [0.25, 0.3) is 10.9 Å². The smallest absolute Gasteiger partial charge is 0.319 e. The summed E-state index contributed by atoms with van der Waals surface area (Å²) in [6.07, 6.45) is 0. The molecule has 0 aliphatic rings. The number of hydrogen-bond donors (Lipinski definition) is 2. The van der Waals surface area contributed by atoms with Crippen LogP contribution in [0.15, 0.2) is 30.3 Å². The molecule has 1 heterocycles. The number of nitrogens with one attached hydrogen (secondary N) is 2. The molecule has 0 saturated carbocycles. The fourth-order valence-corrected chi connectivity index (χ4v) is 1.84. The molecule has 4 nitrogen and oxygen atoms in total. The number of aromatic nitrogens is 1. The average molecular weight is 257 g/mol. The lowest BCUT2D eigenvalue weighted by Crippen LogP contribution is -2.43. The Morgan fingerprint density at radius 2 is 1.89 bits per heavy atom. The maximum absolute atomic E-state index is 11.9. The van der Waals surface area contributed by atoms with E-state index in [4.69, 9.17) is 0 Å². The molecule has 0 saturated heterocycles. The van der Waals surface area contributed by atoms with Crippen LogP contribution in [0.3, 0.4) is 0 Å². The van der Waals surface area contributed by atoms with Crippen molar-refractivity contribution >= 4 is 22.6 Å². The Kier molecular flexibility index (Phi) is 3.42. The molecule has 0 fully saturated rings. The maximum atomic E-state index is 11.9. The summed E-state index contributed by atoms with van der Waals surface area (Å²) in [5.41, 5.74) is 2.20. The summed E-state index contributed by atoms with van der Waals surface area (Å²) >= 11 is 0. The van der Waals surface area contributed by atoms with Crippen LogP contribution in [0.4, 0.5) is 10.5 Å². The van der Waals surface area contributed by atoms with E-state index in [0.717, 1.165) is 22.3 Å². The summed E-state index contributed by atoms with van der Waals surface area (Å²) in [5.74, 6) is 0. The van der Waals surface area contributed by atoms with Gasteiger partial charge in [0.1, 0.15) is 0 Å². The minimum atomic E-state index is -0.266. The SMILES string of the molecule is Cc1ccc2cccc(NC(=O)NC(C)(C)C)c2n1. The number of anilines is 1. The van der Waals surface area contributed by atoms with Gasteiger partial charge < -0.3 is 10.6 Å². The van der Waals surface area contributed by atoms with E-state index in [0.29, 0.717) is 0 Å². The molecular formula is C15H19N3O. The monoisotopic (exact) mass is 257 g/mol. The van der Waals surface area contributed by atoms with E-state index >= 15 is 0 Å². The van der Waals surface area contributed by atoms with Gasteiger partial charge >= 0.3 is 6.03 Å². The zero-order valence-electron chi connectivity index (χ0n) is 11.7. The van der Waals surface area contributed by atoms with Crippen molar-refractivity contribution in [1.29, 1.82) is 0 Å². The lowest BCUT2D eigenvalue weighted by Gasteiger charge is -2.21. The molecule has 100 valence electrons. The number of amides is 2. The first-order valence-corrected chi connectivity index (χ1v) is 6.31. The topological polar surface area (TPSA) is 54.0 Å². The number of rotatable bonds is 1. The number of benzene rings is 1. The van der Waals surface area contributed by atoms with E-state index in [1.54, 1.807) is 0 Å². The van der Waals surface area contributed by atoms with Crippen molar-refractivity contribution in [2.24, 2.45) is 0 Å². The molecule has 1 aromatic carbocycles. The lowest BCUT2D eigenvalue weighted by molar-refractivity contribution is 0.244. The van der Waals surface area contributed by atoms with Crippen molar-refractivity contribution in [2.75, 3.05) is 5.32 Å². The van der Waals surface area contributed by atoms with E-state index < -0.39 is 0 Å². The van der Waals surface area contributed by atoms with Crippen LogP contribution >= 0.6 is 0 Å². The maximum Gasteiger partial charge on any atom is 0.319 e. The zero-order valence-corrected chi connectivity index (χ0v) is 11.7. The van der Waals surface area contributed by atoms with Gasteiger partial charge in [-0.25, -0.2) is 4.79 Å². The number of para-hydroxylation sites is 1. The van der Waals surface area contributed by atoms with Gasteiger partial charge in [0.15, 0.2) is 0 Å². The zero-order chi connectivity index (χ0) is 14.0. The van der Waals surface area contributed by atoms with Crippen molar-refractivity contribution in [1.82, 2.24) is 10.3 Å². The highest BCUT2D eigenvalue weighted by molar-refractivity contribution is 5.99. The predicted octanol–water partition coefficient (Wildman–Crippen LogP) is 3.46. The Bertz CT molecular complexity index is 614. The van der Waals surface area contributed by atoms with Crippen LogP contribution in [0.5, 0.6) is 0 Å². The van der Waals surface area contributed by atoms with E-state index in [1.807, 2.05) is 58.0 Å². The van der Waals surface area contributed by atoms with Crippen molar-refractivity contribution in [2.45, 2.75) is 33.2 Å². The molecule has 0 aliphatic carbocycles. The van der Waals surface area contributed by atoms with Crippen molar-refractivity contribution in [3.8, 4) is 0 Å². The standard InChI is InChI=1S/C15H19N3O/c1-10-8-9-11-6-5-7-12(13(11)16-10)17-14(19)18-15(2,3)4/h5-9H,1-4H3,(H2,17,18,19). The number of nitrogens with zero attached hydrogens (tertiary/aromatic N) is 1. The first-order valence-electron chi connectivity index (χ1n) is 6.31. The van der Waals surface area contributed by atoms with Crippen LogP contribution in [0, 0.1) is 6.92 Å². The van der Waals surface area contributed by atoms with Gasteiger partial charge in [-0.15, -0.1) is 0 Å². The van der Waals surface area contributed by atoms with Crippen LogP contribution in [0.2, 0.25) is 0 Å². The highest BCUT2D eigenvalue weighted by Gasteiger charge is 2.14. The number of carbonyl (C=O) groups excluding carboxylic acids is 1. The third-order valence-electron chi connectivity index (χ3n) is 2.60. The first kappa shape index (κ1) is 13.3. The molecule has 0 spiro atoms. The largest absolute Gasteiger partial charge is 0.333 e. The molecule has 2 amide bonds. The molecule has 1 aromatic heterocycles. The Morgan fingerprint density at radius 3 is 2.58 bits per heavy atom. The summed E-state index contributed by atoms with van der Waals surface area (Å²) in [7, 11) is 0. The average Bonchev–Trinajstić information content (AvgIpc) is 2.27. The highest BCUT2D eigenvalue weighted by atomic mass is 16.2. The second-order valence-electron chi connectivity index (χ2n) is 5.66. The van der Waals surface area contributed by atoms with Crippen LogP contribution in [-0.4, -0.2) is 16.6 Å². The van der Waals surface area contributed by atoms with Gasteiger partial charge in [0.2, 0.25) is 0 Å². The molecule has 4 heteroatoms. The highest BCUT2D eigenvalue weighted by Crippen LogP contribution is 2.21. The second-order valence-corrected chi connectivity index (χ2v) is 5.66. The van der Waals surface area contributed by atoms with Crippen LogP contribution < -0.4 is 10.6 Å². The van der Waals surface area contributed by atoms with Gasteiger partial charge in [-0.1, -0.05) is 18.2 Å². The van der Waals surface area contributed by atoms with Crippen molar-refractivity contribution < 1.29 is 4.79 Å². The van der Waals surface area contributed by atoms with Gasteiger partial charge in [0.05, 0.1) is 11.2 Å². The molecule has 2 aromatic rings. The number of carbonyl (C=O) groups is 1. The quantitative estimate of drug-likeness (QED) is 0.822. The second kappa shape index (κ2) is 4.88. The van der Waals surface area contributed by atoms with E-state index in [9.17, 15) is 4.79 Å². The van der Waals surface area contributed by atoms with Crippen molar-refractivity contribution in [3.05, 3.63) is 36.0 Å². The minimum Gasteiger partial charge on any atom is -0.333 e. The fraction of sp³-hybridized carbons (Fsp3) is 0.333. The molecule has 0 atom stereocenters. The van der Waals surface area contributed by atoms with Gasteiger partial charge in [0.25, 0.3) is 0 Å². The normalized spacial score (nSPS) is 11.4. The Morgan fingerprint density at radius 1 is 1.16 bits per heavy atom. The third kappa shape index (κ3) is 3.44. The predicted molar refractivity (Wildman–Crippen MR) is 78.4 cm³/mol. The molecular weight excluding hydrogens is 238 g/mol. The number of urea groups is 1. The number of aryl methyl sites for hydroxylation is 1.